The zero-order valence-corrected chi connectivity index (χ0v) is 9.71. The van der Waals surface area contributed by atoms with Gasteiger partial charge in [-0.05, 0) is 42.0 Å². The van der Waals surface area contributed by atoms with Crippen LogP contribution in [0, 0.1) is 5.82 Å². The lowest BCUT2D eigenvalue weighted by Gasteiger charge is -2.12. The molecule has 13 heavy (non-hydrogen) atoms. The van der Waals surface area contributed by atoms with Crippen LogP contribution in [0.5, 0.6) is 0 Å². The first-order valence-electron chi connectivity index (χ1n) is 3.88. The number of hydrogen-bond acceptors (Lipinski definition) is 1. The number of hydrogen-bond donors (Lipinski definition) is 1. The highest BCUT2D eigenvalue weighted by atomic mass is 79.9. The van der Waals surface area contributed by atoms with Crippen molar-refractivity contribution in [3.63, 3.8) is 0 Å². The van der Waals surface area contributed by atoms with Gasteiger partial charge in [0.15, 0.2) is 0 Å². The molecule has 1 aromatic carbocycles. The topological polar surface area (TPSA) is 12.0 Å². The zero-order valence-electron chi connectivity index (χ0n) is 7.37. The first kappa shape index (κ1) is 11.0. The van der Waals surface area contributed by atoms with E-state index in [9.17, 15) is 4.39 Å². The zero-order chi connectivity index (χ0) is 10.0. The first-order valence-corrected chi connectivity index (χ1v) is 5.05. The van der Waals surface area contributed by atoms with E-state index in [0.29, 0.717) is 15.1 Å². The van der Waals surface area contributed by atoms with Crippen molar-refractivity contribution in [2.45, 2.75) is 13.0 Å². The van der Waals surface area contributed by atoms with E-state index in [2.05, 4.69) is 21.2 Å². The fourth-order valence-electron chi connectivity index (χ4n) is 1.03. The van der Waals surface area contributed by atoms with Crippen molar-refractivity contribution in [2.24, 2.45) is 0 Å². The summed E-state index contributed by atoms with van der Waals surface area (Å²) in [5.74, 6) is -0.252. The predicted octanol–water partition coefficient (Wildman–Crippen LogP) is 3.52. The fourth-order valence-corrected chi connectivity index (χ4v) is 1.51. The Morgan fingerprint density at radius 3 is 2.69 bits per heavy atom. The Bertz CT molecular complexity index is 317. The van der Waals surface area contributed by atoms with Crippen molar-refractivity contribution < 1.29 is 4.39 Å². The van der Waals surface area contributed by atoms with Crippen molar-refractivity contribution >= 4 is 27.5 Å². The van der Waals surface area contributed by atoms with Crippen LogP contribution < -0.4 is 5.32 Å². The minimum atomic E-state index is -0.252. The second-order valence-electron chi connectivity index (χ2n) is 2.80. The van der Waals surface area contributed by atoms with Crippen LogP contribution in [-0.4, -0.2) is 7.05 Å². The van der Waals surface area contributed by atoms with Crippen molar-refractivity contribution in [2.75, 3.05) is 7.05 Å². The van der Waals surface area contributed by atoms with Crippen LogP contribution >= 0.6 is 27.5 Å². The summed E-state index contributed by atoms with van der Waals surface area (Å²) in [7, 11) is 1.78. The van der Waals surface area contributed by atoms with E-state index in [0.717, 1.165) is 0 Å². The van der Waals surface area contributed by atoms with E-state index in [1.54, 1.807) is 13.1 Å². The third kappa shape index (κ3) is 2.42. The Hall–Kier alpha value is -0.120. The Morgan fingerprint density at radius 1 is 1.54 bits per heavy atom. The average Bonchev–Trinajstić information content (AvgIpc) is 2.10. The van der Waals surface area contributed by atoms with Crippen LogP contribution in [0.25, 0.3) is 0 Å². The molecule has 0 aliphatic rings. The van der Waals surface area contributed by atoms with Crippen LogP contribution in [0.2, 0.25) is 5.02 Å². The lowest BCUT2D eigenvalue weighted by atomic mass is 10.1. The molecule has 0 fully saturated rings. The summed E-state index contributed by atoms with van der Waals surface area (Å²) in [4.78, 5) is 0. The molecule has 0 saturated heterocycles. The molecule has 4 heteroatoms. The fraction of sp³-hybridized carbons (Fsp3) is 0.333. The van der Waals surface area contributed by atoms with Gasteiger partial charge in [0, 0.05) is 16.1 Å². The van der Waals surface area contributed by atoms with Crippen LogP contribution in [0.4, 0.5) is 4.39 Å². The molecule has 1 nitrogen and oxygen atoms in total. The highest BCUT2D eigenvalue weighted by Crippen LogP contribution is 2.28. The molecule has 0 radical (unpaired) electrons. The van der Waals surface area contributed by atoms with Gasteiger partial charge in [-0.25, -0.2) is 4.39 Å². The third-order valence-corrected chi connectivity index (χ3v) is 3.14. The summed E-state index contributed by atoms with van der Waals surface area (Å²) in [5.41, 5.74) is 0.579. The Morgan fingerprint density at radius 2 is 2.15 bits per heavy atom. The van der Waals surface area contributed by atoms with Gasteiger partial charge in [-0.2, -0.15) is 0 Å². The molecule has 0 amide bonds. The van der Waals surface area contributed by atoms with Gasteiger partial charge in [-0.15, -0.1) is 0 Å². The second-order valence-corrected chi connectivity index (χ2v) is 4.06. The molecule has 0 aliphatic carbocycles. The van der Waals surface area contributed by atoms with Crippen molar-refractivity contribution in [3.05, 3.63) is 33.0 Å². The summed E-state index contributed by atoms with van der Waals surface area (Å²) in [5, 5.41) is 3.48. The van der Waals surface area contributed by atoms with Gasteiger partial charge in [0.1, 0.15) is 5.82 Å². The monoisotopic (exact) mass is 265 g/mol. The van der Waals surface area contributed by atoms with Crippen LogP contribution in [0.15, 0.2) is 16.6 Å². The highest BCUT2D eigenvalue weighted by molar-refractivity contribution is 9.10. The van der Waals surface area contributed by atoms with E-state index < -0.39 is 0 Å². The third-order valence-electron chi connectivity index (χ3n) is 1.94. The quantitative estimate of drug-likeness (QED) is 0.808. The van der Waals surface area contributed by atoms with Crippen molar-refractivity contribution in [3.8, 4) is 0 Å². The minimum Gasteiger partial charge on any atom is -0.313 e. The molecule has 1 aromatic rings. The normalized spacial score (nSPS) is 13.0. The number of nitrogens with one attached hydrogen (secondary N) is 1. The Balaban J connectivity index is 3.15. The summed E-state index contributed by atoms with van der Waals surface area (Å²) < 4.78 is 13.9. The molecule has 1 unspecified atom stereocenters. The van der Waals surface area contributed by atoms with Gasteiger partial charge in [0.2, 0.25) is 0 Å². The standard InChI is InChI=1S/C9H10BrClFN/c1-5(13-2)6-3-8(11)7(10)4-9(6)12/h3-5,13H,1-2H3. The van der Waals surface area contributed by atoms with Gasteiger partial charge in [0.25, 0.3) is 0 Å². The summed E-state index contributed by atoms with van der Waals surface area (Å²) in [6, 6.07) is 2.97. The molecular formula is C9H10BrClFN. The summed E-state index contributed by atoms with van der Waals surface area (Å²) >= 11 is 9.00. The Kier molecular flexibility index (Phi) is 3.71. The summed E-state index contributed by atoms with van der Waals surface area (Å²) in [6.07, 6.45) is 0. The van der Waals surface area contributed by atoms with Gasteiger partial charge in [-0.3, -0.25) is 0 Å². The van der Waals surface area contributed by atoms with E-state index in [1.165, 1.54) is 6.07 Å². The van der Waals surface area contributed by atoms with Crippen LogP contribution in [-0.2, 0) is 0 Å². The molecule has 1 N–H and O–H groups in total. The van der Waals surface area contributed by atoms with Gasteiger partial charge >= 0.3 is 0 Å². The maximum Gasteiger partial charge on any atom is 0.129 e. The molecule has 0 bridgehead atoms. The van der Waals surface area contributed by atoms with E-state index in [4.69, 9.17) is 11.6 Å². The molecular weight excluding hydrogens is 256 g/mol. The second kappa shape index (κ2) is 4.40. The lowest BCUT2D eigenvalue weighted by Crippen LogP contribution is -2.13. The molecule has 1 rings (SSSR count). The molecule has 0 aromatic heterocycles. The van der Waals surface area contributed by atoms with E-state index >= 15 is 0 Å². The van der Waals surface area contributed by atoms with E-state index in [1.807, 2.05) is 6.92 Å². The van der Waals surface area contributed by atoms with Gasteiger partial charge in [-0.1, -0.05) is 11.6 Å². The predicted molar refractivity (Wildman–Crippen MR) is 56.6 cm³/mol. The SMILES string of the molecule is CNC(C)c1cc(Cl)c(Br)cc1F. The molecule has 0 aliphatic heterocycles. The molecule has 0 saturated carbocycles. The largest absolute Gasteiger partial charge is 0.313 e. The van der Waals surface area contributed by atoms with Crippen LogP contribution in [0.1, 0.15) is 18.5 Å². The number of benzene rings is 1. The average molecular weight is 267 g/mol. The Labute approximate surface area is 90.4 Å². The van der Waals surface area contributed by atoms with Gasteiger partial charge in [0.05, 0.1) is 5.02 Å². The number of halogens is 3. The number of rotatable bonds is 2. The molecule has 0 heterocycles. The van der Waals surface area contributed by atoms with Crippen molar-refractivity contribution in [1.29, 1.82) is 0 Å². The smallest absolute Gasteiger partial charge is 0.129 e. The first-order chi connectivity index (χ1) is 6.06. The maximum absolute atomic E-state index is 13.3. The van der Waals surface area contributed by atoms with Crippen molar-refractivity contribution in [1.82, 2.24) is 5.32 Å². The summed E-state index contributed by atoms with van der Waals surface area (Å²) in [6.45, 7) is 1.88. The van der Waals surface area contributed by atoms with Crippen LogP contribution in [0.3, 0.4) is 0 Å². The van der Waals surface area contributed by atoms with E-state index in [-0.39, 0.29) is 11.9 Å². The highest BCUT2D eigenvalue weighted by Gasteiger charge is 2.11. The molecule has 0 spiro atoms. The lowest BCUT2D eigenvalue weighted by molar-refractivity contribution is 0.561. The molecule has 72 valence electrons. The maximum atomic E-state index is 13.3. The van der Waals surface area contributed by atoms with Gasteiger partial charge < -0.3 is 5.32 Å². The molecule has 1 atom stereocenters. The minimum absolute atomic E-state index is 0.0365.